The number of rotatable bonds is 7. The van der Waals surface area contributed by atoms with Crippen LogP contribution in [0.5, 0.6) is 5.75 Å². The van der Waals surface area contributed by atoms with Crippen LogP contribution in [-0.2, 0) is 19.6 Å². The van der Waals surface area contributed by atoms with Gasteiger partial charge in [-0.05, 0) is 31.4 Å². The van der Waals surface area contributed by atoms with Crippen molar-refractivity contribution in [1.29, 1.82) is 0 Å². The molecule has 0 aliphatic carbocycles. The van der Waals surface area contributed by atoms with Gasteiger partial charge in [0.05, 0.1) is 18.6 Å². The average Bonchev–Trinajstić information content (AvgIpc) is 3.06. The Morgan fingerprint density at radius 2 is 2.12 bits per heavy atom. The second-order valence-corrected chi connectivity index (χ2v) is 7.55. The van der Waals surface area contributed by atoms with E-state index in [4.69, 9.17) is 9.47 Å². The average molecular weight is 356 g/mol. The first-order chi connectivity index (χ1) is 11.4. The van der Waals surface area contributed by atoms with Gasteiger partial charge in [0.1, 0.15) is 11.8 Å². The molecule has 1 amide bonds. The maximum Gasteiger partial charge on any atom is 0.244 e. The molecular weight excluding hydrogens is 332 g/mol. The molecule has 1 aromatic rings. The molecule has 0 bridgehead atoms. The highest BCUT2D eigenvalue weighted by Gasteiger charge is 2.39. The topological polar surface area (TPSA) is 84.9 Å². The van der Waals surface area contributed by atoms with Gasteiger partial charge in [0.25, 0.3) is 0 Å². The third kappa shape index (κ3) is 3.88. The maximum atomic E-state index is 13.0. The number of ether oxygens (including phenoxy) is 2. The number of hydrogen-bond donors (Lipinski definition) is 1. The largest absolute Gasteiger partial charge is 0.497 e. The first kappa shape index (κ1) is 18.7. The molecule has 1 aliphatic rings. The highest BCUT2D eigenvalue weighted by atomic mass is 32.2. The normalized spacial score (nSPS) is 18.5. The lowest BCUT2D eigenvalue weighted by atomic mass is 10.2. The molecule has 0 spiro atoms. The lowest BCUT2D eigenvalue weighted by molar-refractivity contribution is -0.124. The SMILES string of the molecule is COCCNC(=O)C1CCCN1S(=O)(=O)c1cc(OC)ccc1C. The van der Waals surface area contributed by atoms with Crippen LogP contribution in [0.2, 0.25) is 0 Å². The van der Waals surface area contributed by atoms with Crippen molar-refractivity contribution in [2.75, 3.05) is 33.9 Å². The molecule has 2 rings (SSSR count). The fraction of sp³-hybridized carbons (Fsp3) is 0.562. The summed E-state index contributed by atoms with van der Waals surface area (Å²) >= 11 is 0. The number of amides is 1. The molecule has 0 aromatic heterocycles. The number of aryl methyl sites for hydroxylation is 1. The van der Waals surface area contributed by atoms with E-state index in [2.05, 4.69) is 5.32 Å². The quantitative estimate of drug-likeness (QED) is 0.735. The Balaban J connectivity index is 2.26. The summed E-state index contributed by atoms with van der Waals surface area (Å²) in [6.45, 7) is 2.81. The zero-order valence-corrected chi connectivity index (χ0v) is 15.1. The minimum atomic E-state index is -3.77. The van der Waals surface area contributed by atoms with Crippen molar-refractivity contribution in [3.05, 3.63) is 23.8 Å². The van der Waals surface area contributed by atoms with Gasteiger partial charge in [-0.3, -0.25) is 4.79 Å². The van der Waals surface area contributed by atoms with E-state index in [9.17, 15) is 13.2 Å². The number of nitrogens with one attached hydrogen (secondary N) is 1. The van der Waals surface area contributed by atoms with Gasteiger partial charge in [0.15, 0.2) is 0 Å². The second kappa shape index (κ2) is 7.96. The van der Waals surface area contributed by atoms with Crippen molar-refractivity contribution in [1.82, 2.24) is 9.62 Å². The molecule has 134 valence electrons. The van der Waals surface area contributed by atoms with E-state index in [1.54, 1.807) is 26.2 Å². The fourth-order valence-corrected chi connectivity index (χ4v) is 4.69. The van der Waals surface area contributed by atoms with Gasteiger partial charge < -0.3 is 14.8 Å². The summed E-state index contributed by atoms with van der Waals surface area (Å²) in [5.41, 5.74) is 0.626. The van der Waals surface area contributed by atoms with E-state index >= 15 is 0 Å². The third-order valence-electron chi connectivity index (χ3n) is 4.09. The van der Waals surface area contributed by atoms with Gasteiger partial charge in [0, 0.05) is 26.3 Å². The molecule has 1 heterocycles. The number of carbonyl (C=O) groups is 1. The molecule has 24 heavy (non-hydrogen) atoms. The molecule has 1 aliphatic heterocycles. The van der Waals surface area contributed by atoms with Crippen molar-refractivity contribution >= 4 is 15.9 Å². The van der Waals surface area contributed by atoms with Crippen molar-refractivity contribution in [2.45, 2.75) is 30.7 Å². The zero-order chi connectivity index (χ0) is 17.7. The molecule has 1 N–H and O–H groups in total. The fourth-order valence-electron chi connectivity index (χ4n) is 2.80. The Bertz CT molecular complexity index is 690. The number of nitrogens with zero attached hydrogens (tertiary/aromatic N) is 1. The zero-order valence-electron chi connectivity index (χ0n) is 14.2. The summed E-state index contributed by atoms with van der Waals surface area (Å²) in [6, 6.07) is 4.24. The van der Waals surface area contributed by atoms with Crippen molar-refractivity contribution in [3.8, 4) is 5.75 Å². The van der Waals surface area contributed by atoms with Crippen LogP contribution in [-0.4, -0.2) is 58.6 Å². The minimum absolute atomic E-state index is 0.179. The van der Waals surface area contributed by atoms with Gasteiger partial charge in [0.2, 0.25) is 15.9 Å². The second-order valence-electron chi connectivity index (χ2n) is 5.69. The van der Waals surface area contributed by atoms with Gasteiger partial charge >= 0.3 is 0 Å². The molecule has 0 radical (unpaired) electrons. The van der Waals surface area contributed by atoms with Crippen LogP contribution in [0.25, 0.3) is 0 Å². The summed E-state index contributed by atoms with van der Waals surface area (Å²) in [4.78, 5) is 12.5. The minimum Gasteiger partial charge on any atom is -0.497 e. The molecule has 7 nitrogen and oxygen atoms in total. The number of sulfonamides is 1. The van der Waals surface area contributed by atoms with Gasteiger partial charge in [-0.1, -0.05) is 6.07 Å². The number of hydrogen-bond acceptors (Lipinski definition) is 5. The van der Waals surface area contributed by atoms with Crippen molar-refractivity contribution in [2.24, 2.45) is 0 Å². The van der Waals surface area contributed by atoms with E-state index < -0.39 is 16.1 Å². The molecular formula is C16H24N2O5S. The van der Waals surface area contributed by atoms with E-state index in [0.717, 1.165) is 0 Å². The van der Waals surface area contributed by atoms with Gasteiger partial charge in [-0.15, -0.1) is 0 Å². The summed E-state index contributed by atoms with van der Waals surface area (Å²) in [5.74, 6) is 0.188. The highest BCUT2D eigenvalue weighted by molar-refractivity contribution is 7.89. The third-order valence-corrected chi connectivity index (χ3v) is 6.14. The molecule has 1 aromatic carbocycles. The van der Waals surface area contributed by atoms with Crippen LogP contribution in [0, 0.1) is 6.92 Å². The van der Waals surface area contributed by atoms with E-state index in [0.29, 0.717) is 43.9 Å². The molecule has 1 saturated heterocycles. The lowest BCUT2D eigenvalue weighted by Gasteiger charge is -2.24. The Hall–Kier alpha value is -1.64. The lowest BCUT2D eigenvalue weighted by Crippen LogP contribution is -2.46. The highest BCUT2D eigenvalue weighted by Crippen LogP contribution is 2.30. The number of benzene rings is 1. The summed E-state index contributed by atoms with van der Waals surface area (Å²) in [6.07, 6.45) is 1.17. The van der Waals surface area contributed by atoms with Crippen LogP contribution in [0.1, 0.15) is 18.4 Å². The van der Waals surface area contributed by atoms with Crippen LogP contribution in [0.3, 0.4) is 0 Å². The van der Waals surface area contributed by atoms with Crippen molar-refractivity contribution < 1.29 is 22.7 Å². The van der Waals surface area contributed by atoms with Gasteiger partial charge in [-0.2, -0.15) is 4.31 Å². The molecule has 1 unspecified atom stereocenters. The monoisotopic (exact) mass is 356 g/mol. The Kier molecular flexibility index (Phi) is 6.20. The molecule has 8 heteroatoms. The summed E-state index contributed by atoms with van der Waals surface area (Å²) in [5, 5.41) is 2.72. The van der Waals surface area contributed by atoms with Crippen molar-refractivity contribution in [3.63, 3.8) is 0 Å². The Labute approximate surface area is 143 Å². The van der Waals surface area contributed by atoms with E-state index in [-0.39, 0.29) is 10.8 Å². The predicted molar refractivity (Wildman–Crippen MR) is 89.5 cm³/mol. The first-order valence-corrected chi connectivity index (χ1v) is 9.29. The van der Waals surface area contributed by atoms with Crippen LogP contribution in [0.15, 0.2) is 23.1 Å². The molecule has 1 fully saturated rings. The summed E-state index contributed by atoms with van der Waals surface area (Å²) in [7, 11) is -0.731. The standard InChI is InChI=1S/C16H24N2O5S/c1-12-6-7-13(23-3)11-15(12)24(20,21)18-9-4-5-14(18)16(19)17-8-10-22-2/h6-7,11,14H,4-5,8-10H2,1-3H3,(H,17,19). The smallest absolute Gasteiger partial charge is 0.244 e. The molecule has 1 atom stereocenters. The number of carbonyl (C=O) groups excluding carboxylic acids is 1. The summed E-state index contributed by atoms with van der Waals surface area (Å²) < 4.78 is 37.4. The Morgan fingerprint density at radius 3 is 2.79 bits per heavy atom. The molecule has 0 saturated carbocycles. The van der Waals surface area contributed by atoms with E-state index in [1.807, 2.05) is 0 Å². The Morgan fingerprint density at radius 1 is 1.38 bits per heavy atom. The van der Waals surface area contributed by atoms with E-state index in [1.165, 1.54) is 17.5 Å². The predicted octanol–water partition coefficient (Wildman–Crippen LogP) is 0.919. The number of methoxy groups -OCH3 is 2. The van der Waals surface area contributed by atoms with Crippen LogP contribution >= 0.6 is 0 Å². The first-order valence-electron chi connectivity index (χ1n) is 7.85. The maximum absolute atomic E-state index is 13.0. The van der Waals surface area contributed by atoms with Gasteiger partial charge in [-0.25, -0.2) is 8.42 Å². The van der Waals surface area contributed by atoms with Crippen LogP contribution < -0.4 is 10.1 Å². The van der Waals surface area contributed by atoms with Crippen LogP contribution in [0.4, 0.5) is 0 Å².